The van der Waals surface area contributed by atoms with Gasteiger partial charge in [0.25, 0.3) is 36.2 Å². The smallest absolute Gasteiger partial charge is 0.261 e. The Morgan fingerprint density at radius 2 is 0.411 bits per heavy atom. The van der Waals surface area contributed by atoms with E-state index < -0.39 is 157 Å². The Hall–Kier alpha value is -3.16. The number of phenols is 4. The van der Waals surface area contributed by atoms with Crippen molar-refractivity contribution in [3.8, 4) is 23.0 Å². The summed E-state index contributed by atoms with van der Waals surface area (Å²) in [4.78, 5) is -21.9. The molecule has 32 heteroatoms. The first-order valence-corrected chi connectivity index (χ1v) is 28.4. The van der Waals surface area contributed by atoms with Gasteiger partial charge < -0.3 is 20.4 Å². The minimum absolute atomic E-state index is 0.0904. The van der Waals surface area contributed by atoms with E-state index in [1.807, 2.05) is 0 Å². The van der Waals surface area contributed by atoms with Gasteiger partial charge in [0.1, 0.15) is 39.2 Å². The van der Waals surface area contributed by atoms with Crippen LogP contribution in [0.5, 0.6) is 23.0 Å². The van der Waals surface area contributed by atoms with Crippen LogP contribution in [0.15, 0.2) is 107 Å². The van der Waals surface area contributed by atoms with E-state index in [0.717, 1.165) is 0 Å². The number of rotatable bonds is 4. The van der Waals surface area contributed by atoms with Gasteiger partial charge >= 0.3 is 0 Å². The molecule has 0 fully saturated rings. The summed E-state index contributed by atoms with van der Waals surface area (Å²) >= 11 is 0. The molecule has 8 bridgehead atoms. The van der Waals surface area contributed by atoms with Crippen molar-refractivity contribution in [1.82, 2.24) is 0 Å². The molecule has 20 nitrogen and oxygen atoms in total. The standard InChI is InChI=1S/C24H12Cl4O20S8/c25-53(41,42)9-1-13-21(29)14(2-9)50(35,36)17-5-11(55(27,45)46)6-18(23(17)31)52(39,40)20-8-12(56(28,47)48)7-19(24(20)32)51(37,38)16-4-10(54(26,43)44)3-15(22(16)30)49(13,33)34/h1-8,29-32H. The molecule has 0 radical (unpaired) electrons. The summed E-state index contributed by atoms with van der Waals surface area (Å²) in [6, 6.07) is -0.723. The van der Waals surface area contributed by atoms with E-state index in [0.29, 0.717) is 0 Å². The number of hydrogen-bond donors (Lipinski definition) is 4. The summed E-state index contributed by atoms with van der Waals surface area (Å²) in [7, 11) is -24.5. The van der Waals surface area contributed by atoms with E-state index in [4.69, 9.17) is 42.7 Å². The van der Waals surface area contributed by atoms with Crippen LogP contribution in [0.25, 0.3) is 0 Å². The van der Waals surface area contributed by atoms with Gasteiger partial charge in [0.05, 0.1) is 19.6 Å². The fraction of sp³-hybridized carbons (Fsp3) is 0. The van der Waals surface area contributed by atoms with Crippen LogP contribution in [0.4, 0.5) is 0 Å². The van der Waals surface area contributed by atoms with E-state index in [-0.39, 0.29) is 48.5 Å². The van der Waals surface area contributed by atoms with E-state index in [2.05, 4.69) is 0 Å². The largest absolute Gasteiger partial charge is 0.505 e. The van der Waals surface area contributed by atoms with Crippen molar-refractivity contribution >= 4 is 118 Å². The molecular weight excluding hydrogens is 1010 g/mol. The molecule has 1 aliphatic rings. The Morgan fingerprint density at radius 3 is 0.500 bits per heavy atom. The summed E-state index contributed by atoms with van der Waals surface area (Å²) in [6.45, 7) is 0. The molecule has 0 unspecified atom stereocenters. The van der Waals surface area contributed by atoms with E-state index in [1.54, 1.807) is 0 Å². The topological polar surface area (TPSA) is 354 Å². The van der Waals surface area contributed by atoms with Gasteiger partial charge in [0.15, 0.2) is 23.0 Å². The third kappa shape index (κ3) is 7.16. The van der Waals surface area contributed by atoms with Crippen LogP contribution in [0.2, 0.25) is 0 Å². The highest BCUT2D eigenvalue weighted by Crippen LogP contribution is 2.49. The van der Waals surface area contributed by atoms with Crippen LogP contribution >= 0.6 is 42.7 Å². The first kappa shape index (κ1) is 44.0. The summed E-state index contributed by atoms with van der Waals surface area (Å²) in [5.41, 5.74) is 0. The average Bonchev–Trinajstić information content (AvgIpc) is 3.01. The molecule has 0 aliphatic carbocycles. The minimum atomic E-state index is -6.12. The van der Waals surface area contributed by atoms with E-state index in [9.17, 15) is 87.8 Å². The van der Waals surface area contributed by atoms with Gasteiger partial charge in [-0.3, -0.25) is 0 Å². The van der Waals surface area contributed by atoms with Crippen molar-refractivity contribution < 1.29 is 87.8 Å². The zero-order valence-corrected chi connectivity index (χ0v) is 35.3. The van der Waals surface area contributed by atoms with Crippen LogP contribution < -0.4 is 0 Å². The zero-order valence-electron chi connectivity index (χ0n) is 25.7. The van der Waals surface area contributed by atoms with Gasteiger partial charge in [0, 0.05) is 42.7 Å². The molecule has 1 heterocycles. The normalized spacial score (nSPS) is 17.5. The summed E-state index contributed by atoms with van der Waals surface area (Å²) in [5, 5.41) is 44.8. The van der Waals surface area contributed by atoms with Crippen molar-refractivity contribution in [2.75, 3.05) is 0 Å². The number of sulfone groups is 4. The molecule has 0 aromatic heterocycles. The SMILES string of the molecule is O=S(=O)(Cl)c1cc2c(O)c(c1)S(=O)(=O)c1cc(S(=O)(=O)Cl)cc(c1O)S(=O)(=O)c1cc(S(=O)(=O)Cl)cc(c1O)S(=O)(=O)c1cc(S(=O)(=O)Cl)cc(c1O)S2(=O)=O. The van der Waals surface area contributed by atoms with Crippen LogP contribution in [-0.4, -0.2) is 87.8 Å². The second-order valence-corrected chi connectivity index (χ2v) is 28.6. The van der Waals surface area contributed by atoms with Gasteiger partial charge in [-0.2, -0.15) is 0 Å². The monoisotopic (exact) mass is 1020 g/mol. The molecule has 56 heavy (non-hydrogen) atoms. The van der Waals surface area contributed by atoms with Crippen molar-refractivity contribution in [1.29, 1.82) is 0 Å². The molecule has 0 atom stereocenters. The molecule has 0 saturated heterocycles. The second-order valence-electron chi connectivity index (χ2n) is 10.8. The number of fused-ring (bicyclic) bond motifs is 8. The first-order chi connectivity index (χ1) is 25.0. The molecule has 0 spiro atoms. The highest BCUT2D eigenvalue weighted by atomic mass is 35.7. The van der Waals surface area contributed by atoms with Gasteiger partial charge in [-0.1, -0.05) is 0 Å². The first-order valence-electron chi connectivity index (χ1n) is 13.2. The van der Waals surface area contributed by atoms with E-state index in [1.165, 1.54) is 0 Å². The molecule has 4 N–H and O–H groups in total. The summed E-state index contributed by atoms with van der Waals surface area (Å²) in [6.07, 6.45) is 0. The Morgan fingerprint density at radius 1 is 0.304 bits per heavy atom. The molecule has 0 amide bonds. The number of benzene rings is 4. The van der Waals surface area contributed by atoms with Crippen molar-refractivity contribution in [3.05, 3.63) is 48.5 Å². The summed E-state index contributed by atoms with van der Waals surface area (Å²) in [5.74, 6) is -8.36. The number of halogens is 4. The van der Waals surface area contributed by atoms with Crippen LogP contribution in [0.1, 0.15) is 0 Å². The third-order valence-corrected chi connectivity index (χ3v) is 20.0. The Kier molecular flexibility index (Phi) is 10.3. The highest BCUT2D eigenvalue weighted by Gasteiger charge is 2.42. The summed E-state index contributed by atoms with van der Waals surface area (Å²) < 4.78 is 213. The Balaban J connectivity index is 2.25. The molecule has 304 valence electrons. The highest BCUT2D eigenvalue weighted by molar-refractivity contribution is 8.14. The molecular formula is C24H12Cl4O20S8. The number of phenolic OH excluding ortho intramolecular Hbond substituents is 4. The lowest BCUT2D eigenvalue weighted by Crippen LogP contribution is -2.15. The zero-order chi connectivity index (χ0) is 42.9. The van der Waals surface area contributed by atoms with Gasteiger partial charge in [-0.25, -0.2) is 67.3 Å². The lowest BCUT2D eigenvalue weighted by Gasteiger charge is -2.19. The molecule has 4 aromatic carbocycles. The maximum absolute atomic E-state index is 14.2. The second kappa shape index (κ2) is 13.2. The number of hydrogen-bond acceptors (Lipinski definition) is 20. The Labute approximate surface area is 333 Å². The molecule has 0 saturated carbocycles. The van der Waals surface area contributed by atoms with Crippen molar-refractivity contribution in [3.63, 3.8) is 0 Å². The van der Waals surface area contributed by atoms with Crippen molar-refractivity contribution in [2.45, 2.75) is 58.7 Å². The van der Waals surface area contributed by atoms with Gasteiger partial charge in [-0.15, -0.1) is 0 Å². The van der Waals surface area contributed by atoms with Gasteiger partial charge in [-0.05, 0) is 48.5 Å². The van der Waals surface area contributed by atoms with Crippen molar-refractivity contribution in [2.24, 2.45) is 0 Å². The van der Waals surface area contributed by atoms with E-state index >= 15 is 0 Å². The average molecular weight is 1020 g/mol. The maximum Gasteiger partial charge on any atom is 0.261 e. The van der Waals surface area contributed by atoms with Crippen LogP contribution in [0.3, 0.4) is 0 Å². The fourth-order valence-electron chi connectivity index (χ4n) is 4.91. The third-order valence-electron chi connectivity index (χ3n) is 7.50. The minimum Gasteiger partial charge on any atom is -0.505 e. The fourth-order valence-corrected chi connectivity index (χ4v) is 15.0. The lowest BCUT2D eigenvalue weighted by atomic mass is 10.3. The van der Waals surface area contributed by atoms with Gasteiger partial charge in [0.2, 0.25) is 39.3 Å². The van der Waals surface area contributed by atoms with Crippen LogP contribution in [-0.2, 0) is 75.6 Å². The lowest BCUT2D eigenvalue weighted by molar-refractivity contribution is 0.431. The molecule has 1 aliphatic heterocycles. The maximum atomic E-state index is 14.2. The predicted octanol–water partition coefficient (Wildman–Crippen LogP) is 1.86. The predicted molar refractivity (Wildman–Crippen MR) is 186 cm³/mol. The molecule has 4 aromatic rings. The Bertz CT molecular complexity index is 2850. The molecule has 5 rings (SSSR count). The van der Waals surface area contributed by atoms with Crippen LogP contribution in [0, 0.1) is 0 Å². The number of aromatic hydroxyl groups is 4. The quantitative estimate of drug-likeness (QED) is 0.187.